The van der Waals surface area contributed by atoms with Gasteiger partial charge in [-0.15, -0.1) is 0 Å². The molecule has 1 N–H and O–H groups in total. The van der Waals surface area contributed by atoms with E-state index >= 15 is 0 Å². The van der Waals surface area contributed by atoms with Crippen molar-refractivity contribution in [2.45, 2.75) is 26.3 Å². The largest absolute Gasteiger partial charge is 0.497 e. The quantitative estimate of drug-likeness (QED) is 0.825. The Kier molecular flexibility index (Phi) is 4.26. The van der Waals surface area contributed by atoms with Gasteiger partial charge in [0.15, 0.2) is 0 Å². The zero-order valence-electron chi connectivity index (χ0n) is 12.3. The third kappa shape index (κ3) is 3.04. The number of ketones is 1. The van der Waals surface area contributed by atoms with Crippen LogP contribution in [0.2, 0.25) is 0 Å². The minimum absolute atomic E-state index is 0.0424. The summed E-state index contributed by atoms with van der Waals surface area (Å²) in [6.07, 6.45) is 0.147. The third-order valence-corrected chi connectivity index (χ3v) is 3.19. The van der Waals surface area contributed by atoms with Crippen molar-refractivity contribution in [3.63, 3.8) is 0 Å². The van der Waals surface area contributed by atoms with Crippen molar-refractivity contribution in [2.24, 2.45) is 0 Å². The third-order valence-electron chi connectivity index (χ3n) is 3.19. The van der Waals surface area contributed by atoms with Gasteiger partial charge in [0.05, 0.1) is 18.4 Å². The summed E-state index contributed by atoms with van der Waals surface area (Å²) >= 11 is 0. The van der Waals surface area contributed by atoms with Crippen molar-refractivity contribution in [3.8, 4) is 5.75 Å². The lowest BCUT2D eigenvalue weighted by molar-refractivity contribution is -0.121. The van der Waals surface area contributed by atoms with Gasteiger partial charge in [-0.2, -0.15) is 0 Å². The molecule has 0 saturated heterocycles. The van der Waals surface area contributed by atoms with Crippen molar-refractivity contribution in [2.75, 3.05) is 18.6 Å². The number of benzene rings is 1. The fraction of sp³-hybridized carbons (Fsp3) is 0.400. The summed E-state index contributed by atoms with van der Waals surface area (Å²) in [5, 5.41) is 2.75. The Bertz CT molecular complexity index is 595. The molecule has 1 heterocycles. The van der Waals surface area contributed by atoms with E-state index in [0.717, 1.165) is 0 Å². The molecule has 0 spiro atoms. The summed E-state index contributed by atoms with van der Waals surface area (Å²) in [7, 11) is 1.51. The second-order valence-electron chi connectivity index (χ2n) is 5.14. The molecule has 6 heteroatoms. The predicted octanol–water partition coefficient (Wildman–Crippen LogP) is 1.14. The Hall–Kier alpha value is -2.37. The van der Waals surface area contributed by atoms with Crippen LogP contribution in [0.15, 0.2) is 18.2 Å². The molecule has 1 aliphatic rings. The summed E-state index contributed by atoms with van der Waals surface area (Å²) < 4.78 is 5.11. The van der Waals surface area contributed by atoms with E-state index in [-0.39, 0.29) is 24.9 Å². The van der Waals surface area contributed by atoms with Gasteiger partial charge in [0.25, 0.3) is 11.7 Å². The number of fused-ring (bicyclic) bond motifs is 1. The Labute approximate surface area is 123 Å². The maximum absolute atomic E-state index is 12.0. The van der Waals surface area contributed by atoms with Crippen molar-refractivity contribution < 1.29 is 19.1 Å². The molecule has 0 aliphatic carbocycles. The number of nitrogens with one attached hydrogen (secondary N) is 1. The number of amides is 2. The topological polar surface area (TPSA) is 75.7 Å². The average Bonchev–Trinajstić information content (AvgIpc) is 2.67. The maximum atomic E-state index is 12.0. The molecular weight excluding hydrogens is 272 g/mol. The molecule has 1 aliphatic heterocycles. The Balaban J connectivity index is 2.16. The lowest BCUT2D eigenvalue weighted by atomic mass is 10.1. The van der Waals surface area contributed by atoms with E-state index in [9.17, 15) is 14.4 Å². The van der Waals surface area contributed by atoms with Crippen molar-refractivity contribution in [1.29, 1.82) is 0 Å². The summed E-state index contributed by atoms with van der Waals surface area (Å²) in [6, 6.07) is 4.89. The SMILES string of the molecule is COc1ccc2c(c1)N(CCC(=O)NC(C)C)C(=O)C2=O. The number of nitrogens with zero attached hydrogens (tertiary/aromatic N) is 1. The fourth-order valence-electron chi connectivity index (χ4n) is 2.23. The zero-order chi connectivity index (χ0) is 15.6. The maximum Gasteiger partial charge on any atom is 0.299 e. The van der Waals surface area contributed by atoms with Gasteiger partial charge in [0.2, 0.25) is 5.91 Å². The van der Waals surface area contributed by atoms with Crippen molar-refractivity contribution >= 4 is 23.3 Å². The highest BCUT2D eigenvalue weighted by molar-refractivity contribution is 6.52. The van der Waals surface area contributed by atoms with Gasteiger partial charge < -0.3 is 15.0 Å². The number of rotatable bonds is 5. The highest BCUT2D eigenvalue weighted by atomic mass is 16.5. The normalized spacial score (nSPS) is 13.6. The molecule has 6 nitrogen and oxygen atoms in total. The molecule has 0 unspecified atom stereocenters. The number of carbonyl (C=O) groups is 3. The number of hydrogen-bond donors (Lipinski definition) is 1. The number of Topliss-reactive ketones (excluding diaryl/α,β-unsaturated/α-hetero) is 1. The van der Waals surface area contributed by atoms with Crippen LogP contribution in [-0.4, -0.2) is 37.3 Å². The molecule has 0 fully saturated rings. The minimum Gasteiger partial charge on any atom is -0.497 e. The summed E-state index contributed by atoms with van der Waals surface area (Å²) in [5.41, 5.74) is 0.853. The van der Waals surface area contributed by atoms with E-state index in [1.54, 1.807) is 18.2 Å². The van der Waals surface area contributed by atoms with Gasteiger partial charge in [-0.3, -0.25) is 14.4 Å². The lowest BCUT2D eigenvalue weighted by Gasteiger charge is -2.17. The number of anilines is 1. The molecule has 0 aromatic heterocycles. The van der Waals surface area contributed by atoms with E-state index < -0.39 is 11.7 Å². The number of hydrogen-bond acceptors (Lipinski definition) is 4. The molecule has 0 radical (unpaired) electrons. The van der Waals surface area contributed by atoms with Crippen LogP contribution in [0.3, 0.4) is 0 Å². The average molecular weight is 290 g/mol. The van der Waals surface area contributed by atoms with Gasteiger partial charge in [-0.25, -0.2) is 0 Å². The van der Waals surface area contributed by atoms with Crippen LogP contribution in [0.25, 0.3) is 0 Å². The van der Waals surface area contributed by atoms with E-state index in [4.69, 9.17) is 4.74 Å². The van der Waals surface area contributed by atoms with Gasteiger partial charge in [0, 0.05) is 25.1 Å². The molecular formula is C15H18N2O4. The second kappa shape index (κ2) is 5.95. The lowest BCUT2D eigenvalue weighted by Crippen LogP contribution is -2.36. The van der Waals surface area contributed by atoms with Crippen molar-refractivity contribution in [1.82, 2.24) is 5.32 Å². The van der Waals surface area contributed by atoms with Crippen LogP contribution < -0.4 is 15.0 Å². The fourth-order valence-corrected chi connectivity index (χ4v) is 2.23. The van der Waals surface area contributed by atoms with Crippen LogP contribution in [0.1, 0.15) is 30.6 Å². The van der Waals surface area contributed by atoms with Crippen LogP contribution in [0, 0.1) is 0 Å². The van der Waals surface area contributed by atoms with Crippen LogP contribution in [-0.2, 0) is 9.59 Å². The second-order valence-corrected chi connectivity index (χ2v) is 5.14. The summed E-state index contributed by atoms with van der Waals surface area (Å²) in [4.78, 5) is 36.9. The Morgan fingerprint density at radius 2 is 2.05 bits per heavy atom. The molecule has 1 aromatic carbocycles. The van der Waals surface area contributed by atoms with E-state index in [2.05, 4.69) is 5.32 Å². The smallest absolute Gasteiger partial charge is 0.299 e. The van der Waals surface area contributed by atoms with Gasteiger partial charge >= 0.3 is 0 Å². The Morgan fingerprint density at radius 3 is 2.67 bits per heavy atom. The summed E-state index contributed by atoms with van der Waals surface area (Å²) in [5.74, 6) is -0.734. The standard InChI is InChI=1S/C15H18N2O4/c1-9(2)16-13(18)6-7-17-12-8-10(21-3)4-5-11(12)14(19)15(17)20/h4-5,8-9H,6-7H2,1-3H3,(H,16,18). The molecule has 0 atom stereocenters. The van der Waals surface area contributed by atoms with E-state index in [0.29, 0.717) is 17.0 Å². The van der Waals surface area contributed by atoms with Crippen LogP contribution in [0.5, 0.6) is 5.75 Å². The molecule has 112 valence electrons. The van der Waals surface area contributed by atoms with Crippen LogP contribution >= 0.6 is 0 Å². The van der Waals surface area contributed by atoms with Gasteiger partial charge in [0.1, 0.15) is 5.75 Å². The first-order valence-corrected chi connectivity index (χ1v) is 6.77. The number of carbonyl (C=O) groups excluding carboxylic acids is 3. The summed E-state index contributed by atoms with van der Waals surface area (Å²) in [6.45, 7) is 3.90. The molecule has 1 aromatic rings. The first-order valence-electron chi connectivity index (χ1n) is 6.77. The first kappa shape index (κ1) is 15.0. The molecule has 0 bridgehead atoms. The van der Waals surface area contributed by atoms with Gasteiger partial charge in [-0.05, 0) is 26.0 Å². The monoisotopic (exact) mass is 290 g/mol. The number of methoxy groups -OCH3 is 1. The molecule has 2 amide bonds. The zero-order valence-corrected chi connectivity index (χ0v) is 12.3. The highest BCUT2D eigenvalue weighted by Crippen LogP contribution is 2.32. The van der Waals surface area contributed by atoms with E-state index in [1.165, 1.54) is 12.0 Å². The molecule has 0 saturated carbocycles. The van der Waals surface area contributed by atoms with E-state index in [1.807, 2.05) is 13.8 Å². The Morgan fingerprint density at radius 1 is 1.33 bits per heavy atom. The predicted molar refractivity (Wildman–Crippen MR) is 77.6 cm³/mol. The molecule has 2 rings (SSSR count). The highest BCUT2D eigenvalue weighted by Gasteiger charge is 2.36. The van der Waals surface area contributed by atoms with Crippen molar-refractivity contribution in [3.05, 3.63) is 23.8 Å². The van der Waals surface area contributed by atoms with Crippen LogP contribution in [0.4, 0.5) is 5.69 Å². The van der Waals surface area contributed by atoms with Gasteiger partial charge in [-0.1, -0.05) is 0 Å². The first-order chi connectivity index (χ1) is 9.93. The number of ether oxygens (including phenoxy) is 1. The molecule has 21 heavy (non-hydrogen) atoms. The minimum atomic E-state index is -0.601.